The Labute approximate surface area is 220 Å². The number of hydrogen-bond acceptors (Lipinski definition) is 6. The Morgan fingerprint density at radius 2 is 1.76 bits per heavy atom. The van der Waals surface area contributed by atoms with Gasteiger partial charge in [0, 0.05) is 37.3 Å². The number of benzene rings is 1. The average Bonchev–Trinajstić information content (AvgIpc) is 3.09. The number of esters is 1. The predicted octanol–water partition coefficient (Wildman–Crippen LogP) is 4.32. The minimum atomic E-state index is -0.484. The van der Waals surface area contributed by atoms with Crippen molar-refractivity contribution >= 4 is 17.4 Å². The number of fused-ring (bicyclic) bond motifs is 1. The second-order valence-corrected chi connectivity index (χ2v) is 11.0. The summed E-state index contributed by atoms with van der Waals surface area (Å²) >= 11 is 0. The molecule has 3 heterocycles. The van der Waals surface area contributed by atoms with Crippen LogP contribution >= 0.6 is 0 Å². The lowest BCUT2D eigenvalue weighted by Gasteiger charge is -2.30. The highest BCUT2D eigenvalue weighted by molar-refractivity contribution is 6.17. The molecule has 1 aromatic carbocycles. The van der Waals surface area contributed by atoms with E-state index in [0.717, 1.165) is 36.9 Å². The van der Waals surface area contributed by atoms with Crippen molar-refractivity contribution in [1.29, 1.82) is 0 Å². The van der Waals surface area contributed by atoms with E-state index in [2.05, 4.69) is 18.7 Å². The molecule has 37 heavy (non-hydrogen) atoms. The number of aromatic nitrogens is 2. The van der Waals surface area contributed by atoms with Crippen LogP contribution in [0, 0.1) is 6.92 Å². The Bertz CT molecular complexity index is 1160. The third kappa shape index (κ3) is 6.06. The Kier molecular flexibility index (Phi) is 8.07. The van der Waals surface area contributed by atoms with Crippen LogP contribution in [0.3, 0.4) is 0 Å². The van der Waals surface area contributed by atoms with E-state index in [-0.39, 0.29) is 12.0 Å². The lowest BCUT2D eigenvalue weighted by Crippen LogP contribution is -2.38. The highest BCUT2D eigenvalue weighted by atomic mass is 16.5. The second kappa shape index (κ2) is 11.1. The Morgan fingerprint density at radius 3 is 2.41 bits per heavy atom. The van der Waals surface area contributed by atoms with Crippen LogP contribution in [0.4, 0.5) is 0 Å². The molecule has 8 heteroatoms. The molecule has 0 N–H and O–H groups in total. The van der Waals surface area contributed by atoms with Crippen molar-refractivity contribution < 1.29 is 19.1 Å². The number of ether oxygens (including phenoxy) is 2. The summed E-state index contributed by atoms with van der Waals surface area (Å²) in [5.41, 5.74) is 1.86. The van der Waals surface area contributed by atoms with E-state index >= 15 is 0 Å². The summed E-state index contributed by atoms with van der Waals surface area (Å²) in [5.74, 6) is 0.875. The van der Waals surface area contributed by atoms with E-state index in [1.54, 1.807) is 23.2 Å². The van der Waals surface area contributed by atoms with Gasteiger partial charge >= 0.3 is 5.97 Å². The van der Waals surface area contributed by atoms with E-state index in [9.17, 15) is 9.59 Å². The van der Waals surface area contributed by atoms with E-state index in [4.69, 9.17) is 14.5 Å². The zero-order valence-electron chi connectivity index (χ0n) is 23.0. The van der Waals surface area contributed by atoms with Gasteiger partial charge in [0.05, 0.1) is 11.8 Å². The van der Waals surface area contributed by atoms with Gasteiger partial charge in [0.25, 0.3) is 5.91 Å². The smallest absolute Gasteiger partial charge is 0.342 e. The quantitative estimate of drug-likeness (QED) is 0.519. The maximum absolute atomic E-state index is 13.6. The summed E-state index contributed by atoms with van der Waals surface area (Å²) in [4.78, 5) is 35.5. The molecule has 2 aliphatic heterocycles. The molecule has 0 saturated carbocycles. The van der Waals surface area contributed by atoms with Crippen molar-refractivity contribution in [3.05, 3.63) is 53.2 Å². The van der Waals surface area contributed by atoms with E-state index in [1.165, 1.54) is 19.3 Å². The van der Waals surface area contributed by atoms with Crippen molar-refractivity contribution in [1.82, 2.24) is 19.4 Å². The maximum Gasteiger partial charge on any atom is 0.342 e. The third-order valence-electron chi connectivity index (χ3n) is 7.12. The van der Waals surface area contributed by atoms with Gasteiger partial charge < -0.3 is 18.9 Å². The van der Waals surface area contributed by atoms with Crippen LogP contribution in [0.5, 0.6) is 5.75 Å². The van der Waals surface area contributed by atoms with Gasteiger partial charge in [-0.05, 0) is 71.0 Å². The van der Waals surface area contributed by atoms with Crippen LogP contribution < -0.4 is 4.74 Å². The molecule has 1 aromatic heterocycles. The van der Waals surface area contributed by atoms with Crippen molar-refractivity contribution in [3.8, 4) is 5.75 Å². The first kappa shape index (κ1) is 26.9. The van der Waals surface area contributed by atoms with Crippen molar-refractivity contribution in [3.63, 3.8) is 0 Å². The first-order valence-electron chi connectivity index (χ1n) is 13.3. The van der Waals surface area contributed by atoms with Gasteiger partial charge in [-0.15, -0.1) is 0 Å². The molecular weight excluding hydrogens is 468 g/mol. The molecular formula is C29H40N4O4. The summed E-state index contributed by atoms with van der Waals surface area (Å²) in [6.07, 6.45) is 5.16. The molecule has 2 aliphatic rings. The number of rotatable bonds is 7. The molecule has 0 unspecified atom stereocenters. The number of hydrogen-bond donors (Lipinski definition) is 0. The number of nitrogens with zero attached hydrogens (tertiary/aromatic N) is 4. The van der Waals surface area contributed by atoms with Gasteiger partial charge in [-0.1, -0.05) is 20.3 Å². The van der Waals surface area contributed by atoms with Crippen molar-refractivity contribution in [2.75, 3.05) is 32.8 Å². The highest BCUT2D eigenvalue weighted by Crippen LogP contribution is 2.36. The molecule has 0 spiro atoms. The minimum Gasteiger partial charge on any atom is -0.492 e. The third-order valence-corrected chi connectivity index (χ3v) is 7.12. The van der Waals surface area contributed by atoms with Crippen LogP contribution in [0.1, 0.15) is 74.5 Å². The number of imidazole rings is 1. The molecule has 200 valence electrons. The average molecular weight is 509 g/mol. The summed E-state index contributed by atoms with van der Waals surface area (Å²) in [6.45, 7) is 13.9. The molecule has 2 aromatic rings. The number of amides is 1. The molecule has 1 fully saturated rings. The standard InChI is InChI=1S/C29H40N4O4/c1-20(2)37-28(35)24-18-33(19-29(4,5)26-25(24)30-21(3)31(26)6)27(34)22-10-12-23(13-11-22)36-17-16-32-14-8-7-9-15-32/h10-13,18,20H,7-9,14-17,19H2,1-6H3. The fourth-order valence-corrected chi connectivity index (χ4v) is 5.23. The number of piperidine rings is 1. The molecule has 0 atom stereocenters. The summed E-state index contributed by atoms with van der Waals surface area (Å²) in [7, 11) is 1.94. The van der Waals surface area contributed by atoms with Gasteiger partial charge in [-0.25, -0.2) is 9.78 Å². The van der Waals surface area contributed by atoms with E-state index in [1.807, 2.05) is 44.5 Å². The van der Waals surface area contributed by atoms with Crippen LogP contribution in [0.15, 0.2) is 30.5 Å². The lowest BCUT2D eigenvalue weighted by atomic mass is 9.86. The SMILES string of the molecule is Cc1nc2c(n1C)C(C)(C)CN(C(=O)c1ccc(OCCN3CCCCC3)cc1)C=C2C(=O)OC(C)C. The number of aryl methyl sites for hydroxylation is 1. The van der Waals surface area contributed by atoms with Gasteiger partial charge in [-0.2, -0.15) is 0 Å². The monoisotopic (exact) mass is 508 g/mol. The topological polar surface area (TPSA) is 76.9 Å². The Morgan fingerprint density at radius 1 is 1.08 bits per heavy atom. The van der Waals surface area contributed by atoms with Crippen LogP contribution in [0.25, 0.3) is 5.57 Å². The van der Waals surface area contributed by atoms with Crippen molar-refractivity contribution in [2.45, 2.75) is 65.4 Å². The fraction of sp³-hybridized carbons (Fsp3) is 0.552. The van der Waals surface area contributed by atoms with Crippen molar-refractivity contribution in [2.24, 2.45) is 7.05 Å². The Balaban J connectivity index is 1.54. The number of carbonyl (C=O) groups is 2. The molecule has 8 nitrogen and oxygen atoms in total. The van der Waals surface area contributed by atoms with E-state index in [0.29, 0.717) is 30.0 Å². The second-order valence-electron chi connectivity index (χ2n) is 11.0. The van der Waals surface area contributed by atoms with Gasteiger partial charge in [0.15, 0.2) is 0 Å². The molecule has 0 aliphatic carbocycles. The number of likely N-dealkylation sites (tertiary alicyclic amines) is 1. The first-order valence-corrected chi connectivity index (χ1v) is 13.3. The first-order chi connectivity index (χ1) is 17.6. The summed E-state index contributed by atoms with van der Waals surface area (Å²) in [6, 6.07) is 7.24. The molecule has 0 bridgehead atoms. The van der Waals surface area contributed by atoms with E-state index < -0.39 is 11.4 Å². The minimum absolute atomic E-state index is 0.188. The van der Waals surface area contributed by atoms with Crippen LogP contribution in [-0.2, 0) is 22.0 Å². The summed E-state index contributed by atoms with van der Waals surface area (Å²) < 4.78 is 13.5. The van der Waals surface area contributed by atoms with Gasteiger partial charge in [0.1, 0.15) is 29.4 Å². The van der Waals surface area contributed by atoms with Gasteiger partial charge in [0.2, 0.25) is 0 Å². The molecule has 4 rings (SSSR count). The summed E-state index contributed by atoms with van der Waals surface area (Å²) in [5, 5.41) is 0. The van der Waals surface area contributed by atoms with Crippen LogP contribution in [-0.4, -0.2) is 70.1 Å². The Hall–Kier alpha value is -3.13. The lowest BCUT2D eigenvalue weighted by molar-refractivity contribution is -0.140. The predicted molar refractivity (Wildman–Crippen MR) is 143 cm³/mol. The molecule has 0 radical (unpaired) electrons. The largest absolute Gasteiger partial charge is 0.492 e. The normalized spacial score (nSPS) is 17.7. The fourth-order valence-electron chi connectivity index (χ4n) is 5.23. The molecule has 1 amide bonds. The van der Waals surface area contributed by atoms with Gasteiger partial charge in [-0.3, -0.25) is 9.69 Å². The zero-order chi connectivity index (χ0) is 26.7. The zero-order valence-corrected chi connectivity index (χ0v) is 23.0. The van der Waals surface area contributed by atoms with Crippen LogP contribution in [0.2, 0.25) is 0 Å². The molecule has 1 saturated heterocycles. The number of carbonyl (C=O) groups excluding carboxylic acids is 2. The highest BCUT2D eigenvalue weighted by Gasteiger charge is 2.38. The maximum atomic E-state index is 13.6.